The zero-order chi connectivity index (χ0) is 22.4. The largest absolute Gasteiger partial charge is 0.309 e. The Balaban J connectivity index is 1.43. The van der Waals surface area contributed by atoms with E-state index in [4.69, 9.17) is 0 Å². The third kappa shape index (κ3) is 3.43. The van der Waals surface area contributed by atoms with E-state index in [2.05, 4.69) is 134 Å². The van der Waals surface area contributed by atoms with E-state index in [1.807, 2.05) is 0 Å². The van der Waals surface area contributed by atoms with Crippen molar-refractivity contribution >= 4 is 44.7 Å². The molecule has 0 fully saturated rings. The van der Waals surface area contributed by atoms with E-state index < -0.39 is 0 Å². The number of fused-ring (bicyclic) bond motifs is 4. The molecule has 6 rings (SSSR count). The predicted octanol–water partition coefficient (Wildman–Crippen LogP) is 8.72. The van der Waals surface area contributed by atoms with Gasteiger partial charge in [0, 0.05) is 16.5 Å². The standard InChI is InChI=1S/C32H25N/c1-22-10-18-29-30-19-11-23(2)21-32(30)33(31(29)20-22)27-16-13-24(14-17-27)12-15-26-8-5-7-25-6-3-4-9-28(25)26/h3-21H,1-2H3/b15-12+. The lowest BCUT2D eigenvalue weighted by Gasteiger charge is -2.09. The molecule has 6 aromatic rings. The first-order valence-corrected chi connectivity index (χ1v) is 11.5. The summed E-state index contributed by atoms with van der Waals surface area (Å²) in [5.41, 5.74) is 8.69. The lowest BCUT2D eigenvalue weighted by molar-refractivity contribution is 1.17. The van der Waals surface area contributed by atoms with Gasteiger partial charge in [0.25, 0.3) is 0 Å². The summed E-state index contributed by atoms with van der Waals surface area (Å²) in [5.74, 6) is 0. The zero-order valence-electron chi connectivity index (χ0n) is 18.9. The molecule has 33 heavy (non-hydrogen) atoms. The van der Waals surface area contributed by atoms with Gasteiger partial charge in [-0.15, -0.1) is 0 Å². The van der Waals surface area contributed by atoms with Crippen molar-refractivity contribution in [2.24, 2.45) is 0 Å². The molecular weight excluding hydrogens is 398 g/mol. The molecule has 0 N–H and O–H groups in total. The molecule has 0 atom stereocenters. The highest BCUT2D eigenvalue weighted by Gasteiger charge is 2.12. The monoisotopic (exact) mass is 423 g/mol. The molecule has 0 bridgehead atoms. The van der Waals surface area contributed by atoms with E-state index in [-0.39, 0.29) is 0 Å². The molecule has 158 valence electrons. The number of aryl methyl sites for hydroxylation is 2. The number of benzene rings is 5. The summed E-state index contributed by atoms with van der Waals surface area (Å²) in [6, 6.07) is 37.4. The fraction of sp³-hybridized carbons (Fsp3) is 0.0625. The molecule has 1 nitrogen and oxygen atoms in total. The Morgan fingerprint density at radius 3 is 1.88 bits per heavy atom. The first-order valence-electron chi connectivity index (χ1n) is 11.5. The van der Waals surface area contributed by atoms with Gasteiger partial charge < -0.3 is 4.57 Å². The molecule has 0 amide bonds. The molecule has 0 spiro atoms. The van der Waals surface area contributed by atoms with Crippen molar-refractivity contribution in [2.75, 3.05) is 0 Å². The minimum Gasteiger partial charge on any atom is -0.309 e. The van der Waals surface area contributed by atoms with Gasteiger partial charge in [0.05, 0.1) is 11.0 Å². The number of aromatic nitrogens is 1. The van der Waals surface area contributed by atoms with Crippen LogP contribution in [0.5, 0.6) is 0 Å². The molecule has 5 aromatic carbocycles. The van der Waals surface area contributed by atoms with Crippen molar-refractivity contribution in [3.8, 4) is 5.69 Å². The molecule has 1 heteroatoms. The van der Waals surface area contributed by atoms with Crippen molar-refractivity contribution in [3.05, 3.63) is 125 Å². The van der Waals surface area contributed by atoms with Crippen LogP contribution in [-0.2, 0) is 0 Å². The average molecular weight is 424 g/mol. The fourth-order valence-corrected chi connectivity index (χ4v) is 4.83. The Hall–Kier alpha value is -4.10. The Bertz CT molecular complexity index is 1600. The molecule has 0 aliphatic heterocycles. The lowest BCUT2D eigenvalue weighted by atomic mass is 10.0. The fourth-order valence-electron chi connectivity index (χ4n) is 4.83. The van der Waals surface area contributed by atoms with Gasteiger partial charge >= 0.3 is 0 Å². The number of rotatable bonds is 3. The van der Waals surface area contributed by atoms with Crippen molar-refractivity contribution in [3.63, 3.8) is 0 Å². The minimum atomic E-state index is 1.19. The minimum absolute atomic E-state index is 1.19. The Morgan fingerprint density at radius 1 is 0.545 bits per heavy atom. The second kappa shape index (κ2) is 7.79. The van der Waals surface area contributed by atoms with E-state index in [9.17, 15) is 0 Å². The molecule has 0 radical (unpaired) electrons. The number of hydrogen-bond donors (Lipinski definition) is 0. The quantitative estimate of drug-likeness (QED) is 0.251. The molecule has 0 aliphatic carbocycles. The highest BCUT2D eigenvalue weighted by atomic mass is 15.0. The summed E-state index contributed by atoms with van der Waals surface area (Å²) in [7, 11) is 0. The van der Waals surface area contributed by atoms with Gasteiger partial charge in [-0.3, -0.25) is 0 Å². The molecule has 0 unspecified atom stereocenters. The molecule has 0 saturated heterocycles. The normalized spacial score (nSPS) is 11.8. The summed E-state index contributed by atoms with van der Waals surface area (Å²) >= 11 is 0. The highest BCUT2D eigenvalue weighted by Crippen LogP contribution is 2.33. The van der Waals surface area contributed by atoms with Crippen LogP contribution in [0.4, 0.5) is 0 Å². The smallest absolute Gasteiger partial charge is 0.0543 e. The van der Waals surface area contributed by atoms with Crippen molar-refractivity contribution in [2.45, 2.75) is 13.8 Å². The van der Waals surface area contributed by atoms with Crippen LogP contribution in [0, 0.1) is 13.8 Å². The molecule has 0 saturated carbocycles. The SMILES string of the molecule is Cc1ccc2c3ccc(C)cc3n(-c3ccc(/C=C/c4cccc5ccccc45)cc3)c2c1. The zero-order valence-corrected chi connectivity index (χ0v) is 18.9. The van der Waals surface area contributed by atoms with Gasteiger partial charge in [0.15, 0.2) is 0 Å². The molecule has 1 heterocycles. The molecule has 1 aromatic heterocycles. The number of hydrogen-bond acceptors (Lipinski definition) is 0. The predicted molar refractivity (Wildman–Crippen MR) is 143 cm³/mol. The van der Waals surface area contributed by atoms with Crippen LogP contribution in [0.2, 0.25) is 0 Å². The lowest BCUT2D eigenvalue weighted by Crippen LogP contribution is -1.94. The van der Waals surface area contributed by atoms with Gasteiger partial charge in [0.1, 0.15) is 0 Å². The van der Waals surface area contributed by atoms with Crippen LogP contribution in [0.1, 0.15) is 22.3 Å². The van der Waals surface area contributed by atoms with Crippen LogP contribution in [0.15, 0.2) is 103 Å². The topological polar surface area (TPSA) is 4.93 Å². The maximum Gasteiger partial charge on any atom is 0.0543 e. The first-order chi connectivity index (χ1) is 16.2. The van der Waals surface area contributed by atoms with Crippen LogP contribution in [-0.4, -0.2) is 4.57 Å². The third-order valence-corrected chi connectivity index (χ3v) is 6.51. The summed E-state index contributed by atoms with van der Waals surface area (Å²) in [6.45, 7) is 4.32. The van der Waals surface area contributed by atoms with E-state index in [0.717, 1.165) is 0 Å². The Kier molecular flexibility index (Phi) is 4.62. The molecular formula is C32H25N. The van der Waals surface area contributed by atoms with Crippen LogP contribution < -0.4 is 0 Å². The van der Waals surface area contributed by atoms with E-state index >= 15 is 0 Å². The maximum absolute atomic E-state index is 2.39. The third-order valence-electron chi connectivity index (χ3n) is 6.51. The Morgan fingerprint density at radius 2 is 1.18 bits per heavy atom. The maximum atomic E-state index is 2.39. The second-order valence-corrected chi connectivity index (χ2v) is 8.87. The van der Waals surface area contributed by atoms with Gasteiger partial charge in [-0.2, -0.15) is 0 Å². The van der Waals surface area contributed by atoms with E-state index in [1.165, 1.54) is 60.5 Å². The highest BCUT2D eigenvalue weighted by molar-refractivity contribution is 6.09. The van der Waals surface area contributed by atoms with Gasteiger partial charge in [-0.05, 0) is 71.1 Å². The second-order valence-electron chi connectivity index (χ2n) is 8.87. The van der Waals surface area contributed by atoms with E-state index in [1.54, 1.807) is 0 Å². The van der Waals surface area contributed by atoms with Crippen LogP contribution in [0.25, 0.3) is 50.4 Å². The summed E-state index contributed by atoms with van der Waals surface area (Å²) in [6.07, 6.45) is 4.41. The average Bonchev–Trinajstić information content (AvgIpc) is 3.15. The van der Waals surface area contributed by atoms with Crippen LogP contribution >= 0.6 is 0 Å². The van der Waals surface area contributed by atoms with Crippen molar-refractivity contribution in [1.29, 1.82) is 0 Å². The Labute approximate surface area is 194 Å². The summed E-state index contributed by atoms with van der Waals surface area (Å²) < 4.78 is 2.39. The van der Waals surface area contributed by atoms with Crippen molar-refractivity contribution in [1.82, 2.24) is 4.57 Å². The summed E-state index contributed by atoms with van der Waals surface area (Å²) in [4.78, 5) is 0. The van der Waals surface area contributed by atoms with Crippen LogP contribution in [0.3, 0.4) is 0 Å². The number of nitrogens with zero attached hydrogens (tertiary/aromatic N) is 1. The van der Waals surface area contributed by atoms with Gasteiger partial charge in [-0.25, -0.2) is 0 Å². The van der Waals surface area contributed by atoms with Gasteiger partial charge in [-0.1, -0.05) is 91.0 Å². The molecule has 0 aliphatic rings. The van der Waals surface area contributed by atoms with Gasteiger partial charge in [0.2, 0.25) is 0 Å². The van der Waals surface area contributed by atoms with Crippen molar-refractivity contribution < 1.29 is 0 Å². The summed E-state index contributed by atoms with van der Waals surface area (Å²) in [5, 5.41) is 5.15. The van der Waals surface area contributed by atoms with E-state index in [0.29, 0.717) is 0 Å². The first kappa shape index (κ1) is 19.6.